The number of hydrogen-bond acceptors (Lipinski definition) is 3. The normalized spacial score (nSPS) is 33.9. The Kier molecular flexibility index (Phi) is 2.41. The predicted molar refractivity (Wildman–Crippen MR) is 55.4 cm³/mol. The largest absolute Gasteiger partial charge is 0.444 e. The molecule has 1 saturated carbocycles. The van der Waals surface area contributed by atoms with E-state index in [2.05, 4.69) is 0 Å². The van der Waals surface area contributed by atoms with Gasteiger partial charge in [0.2, 0.25) is 0 Å². The van der Waals surface area contributed by atoms with Crippen molar-refractivity contribution < 1.29 is 14.6 Å². The molecule has 0 bridgehead atoms. The first-order chi connectivity index (χ1) is 6.92. The summed E-state index contributed by atoms with van der Waals surface area (Å²) in [5, 5.41) is 9.23. The number of aliphatic hydroxyl groups is 1. The maximum Gasteiger partial charge on any atom is 0.410 e. The van der Waals surface area contributed by atoms with Crippen molar-refractivity contribution in [1.82, 2.24) is 4.90 Å². The molecule has 1 aliphatic carbocycles. The molecule has 15 heavy (non-hydrogen) atoms. The molecule has 2 unspecified atom stereocenters. The van der Waals surface area contributed by atoms with Gasteiger partial charge in [0, 0.05) is 6.54 Å². The highest BCUT2D eigenvalue weighted by atomic mass is 16.6. The van der Waals surface area contributed by atoms with Crippen molar-refractivity contribution in [2.75, 3.05) is 13.2 Å². The molecular weight excluding hydrogens is 194 g/mol. The molecule has 86 valence electrons. The Labute approximate surface area is 90.2 Å². The third-order valence-corrected chi connectivity index (χ3v) is 3.12. The van der Waals surface area contributed by atoms with Crippen molar-refractivity contribution in [3.63, 3.8) is 0 Å². The van der Waals surface area contributed by atoms with E-state index in [1.165, 1.54) is 0 Å². The third kappa shape index (κ3) is 2.09. The minimum atomic E-state index is -0.454. The standard InChI is InChI=1S/C11H19NO3/c1-11(2,3)15-10(14)12-5-7-4-8(7)9(12)6-13/h7-9,13H,4-6H2,1-3H3/t7?,8?,9-/m1/s1. The Morgan fingerprint density at radius 3 is 2.73 bits per heavy atom. The summed E-state index contributed by atoms with van der Waals surface area (Å²) in [5.74, 6) is 1.12. The van der Waals surface area contributed by atoms with E-state index in [1.54, 1.807) is 4.90 Å². The van der Waals surface area contributed by atoms with Crippen LogP contribution in [0.3, 0.4) is 0 Å². The minimum absolute atomic E-state index is 0.00940. The molecule has 2 aliphatic rings. The predicted octanol–water partition coefficient (Wildman–Crippen LogP) is 1.23. The SMILES string of the molecule is CC(C)(C)OC(=O)N1CC2CC2[C@H]1CO. The van der Waals surface area contributed by atoms with Crippen LogP contribution in [0.4, 0.5) is 4.79 Å². The van der Waals surface area contributed by atoms with Gasteiger partial charge in [-0.15, -0.1) is 0 Å². The molecule has 1 N–H and O–H groups in total. The van der Waals surface area contributed by atoms with Gasteiger partial charge >= 0.3 is 6.09 Å². The zero-order valence-corrected chi connectivity index (χ0v) is 9.56. The molecular formula is C11H19NO3. The lowest BCUT2D eigenvalue weighted by Crippen LogP contribution is -2.43. The molecule has 2 fully saturated rings. The molecule has 1 saturated heterocycles. The first-order valence-electron chi connectivity index (χ1n) is 5.53. The van der Waals surface area contributed by atoms with E-state index in [-0.39, 0.29) is 18.7 Å². The van der Waals surface area contributed by atoms with Gasteiger partial charge in [0.1, 0.15) is 5.60 Å². The van der Waals surface area contributed by atoms with Crippen molar-refractivity contribution in [3.8, 4) is 0 Å². The molecule has 0 radical (unpaired) electrons. The number of ether oxygens (including phenoxy) is 1. The van der Waals surface area contributed by atoms with E-state index in [1.807, 2.05) is 20.8 Å². The summed E-state index contributed by atoms with van der Waals surface area (Å²) < 4.78 is 5.30. The van der Waals surface area contributed by atoms with E-state index < -0.39 is 5.60 Å². The van der Waals surface area contributed by atoms with Crippen LogP contribution in [0.5, 0.6) is 0 Å². The van der Waals surface area contributed by atoms with Gasteiger partial charge < -0.3 is 14.7 Å². The average Bonchev–Trinajstić information content (AvgIpc) is 2.75. The molecule has 2 rings (SSSR count). The molecule has 1 heterocycles. The van der Waals surface area contributed by atoms with Crippen LogP contribution in [0.25, 0.3) is 0 Å². The topological polar surface area (TPSA) is 49.8 Å². The van der Waals surface area contributed by atoms with Crippen molar-refractivity contribution >= 4 is 6.09 Å². The van der Waals surface area contributed by atoms with Crippen LogP contribution in [0.2, 0.25) is 0 Å². The highest BCUT2D eigenvalue weighted by Crippen LogP contribution is 2.49. The fraction of sp³-hybridized carbons (Fsp3) is 0.909. The number of likely N-dealkylation sites (tertiary alicyclic amines) is 1. The number of rotatable bonds is 1. The third-order valence-electron chi connectivity index (χ3n) is 3.12. The van der Waals surface area contributed by atoms with E-state index in [4.69, 9.17) is 4.74 Å². The smallest absolute Gasteiger partial charge is 0.410 e. The second kappa shape index (κ2) is 3.37. The van der Waals surface area contributed by atoms with Gasteiger partial charge in [-0.3, -0.25) is 0 Å². The molecule has 0 aromatic rings. The Balaban J connectivity index is 1.96. The number of hydrogen-bond donors (Lipinski definition) is 1. The van der Waals surface area contributed by atoms with E-state index in [0.29, 0.717) is 11.8 Å². The Bertz CT molecular complexity index is 271. The van der Waals surface area contributed by atoms with Crippen LogP contribution < -0.4 is 0 Å². The molecule has 0 aromatic heterocycles. The van der Waals surface area contributed by atoms with Gasteiger partial charge in [0.15, 0.2) is 0 Å². The van der Waals surface area contributed by atoms with Gasteiger partial charge in [-0.1, -0.05) is 0 Å². The van der Waals surface area contributed by atoms with Crippen molar-refractivity contribution in [3.05, 3.63) is 0 Å². The molecule has 1 aliphatic heterocycles. The molecule has 3 atom stereocenters. The highest BCUT2D eigenvalue weighted by Gasteiger charge is 2.54. The van der Waals surface area contributed by atoms with E-state index in [0.717, 1.165) is 13.0 Å². The number of piperidine rings is 1. The van der Waals surface area contributed by atoms with Crippen molar-refractivity contribution in [2.45, 2.75) is 38.8 Å². The number of aliphatic hydroxyl groups excluding tert-OH is 1. The van der Waals surface area contributed by atoms with Gasteiger partial charge in [0.05, 0.1) is 12.6 Å². The van der Waals surface area contributed by atoms with Gasteiger partial charge in [-0.05, 0) is 39.0 Å². The summed E-state index contributed by atoms with van der Waals surface area (Å²) >= 11 is 0. The van der Waals surface area contributed by atoms with E-state index >= 15 is 0 Å². The summed E-state index contributed by atoms with van der Waals surface area (Å²) in [6.07, 6.45) is 0.874. The Hall–Kier alpha value is -0.770. The quantitative estimate of drug-likeness (QED) is 0.712. The van der Waals surface area contributed by atoms with E-state index in [9.17, 15) is 9.90 Å². The van der Waals surface area contributed by atoms with Gasteiger partial charge in [0.25, 0.3) is 0 Å². The summed E-state index contributed by atoms with van der Waals surface area (Å²) in [6.45, 7) is 6.38. The Morgan fingerprint density at radius 2 is 2.20 bits per heavy atom. The molecule has 4 heteroatoms. The van der Waals surface area contributed by atoms with Crippen LogP contribution in [0.1, 0.15) is 27.2 Å². The maximum absolute atomic E-state index is 11.8. The summed E-state index contributed by atoms with van der Waals surface area (Å²) in [5.41, 5.74) is -0.454. The first-order valence-corrected chi connectivity index (χ1v) is 5.53. The van der Waals surface area contributed by atoms with Crippen molar-refractivity contribution in [1.29, 1.82) is 0 Å². The number of amides is 1. The summed E-state index contributed by atoms with van der Waals surface area (Å²) in [6, 6.07) is -0.00940. The summed E-state index contributed by atoms with van der Waals surface area (Å²) in [4.78, 5) is 13.5. The lowest BCUT2D eigenvalue weighted by molar-refractivity contribution is 0.0133. The lowest BCUT2D eigenvalue weighted by Gasteiger charge is -2.29. The second-order valence-corrected chi connectivity index (χ2v) is 5.54. The van der Waals surface area contributed by atoms with Crippen molar-refractivity contribution in [2.24, 2.45) is 11.8 Å². The second-order valence-electron chi connectivity index (χ2n) is 5.54. The maximum atomic E-state index is 11.8. The van der Waals surface area contributed by atoms with Crippen LogP contribution in [0.15, 0.2) is 0 Å². The monoisotopic (exact) mass is 213 g/mol. The van der Waals surface area contributed by atoms with Gasteiger partial charge in [-0.25, -0.2) is 4.79 Å². The zero-order valence-electron chi connectivity index (χ0n) is 9.56. The Morgan fingerprint density at radius 1 is 1.53 bits per heavy atom. The summed E-state index contributed by atoms with van der Waals surface area (Å²) in [7, 11) is 0. The average molecular weight is 213 g/mol. The number of fused-ring (bicyclic) bond motifs is 1. The minimum Gasteiger partial charge on any atom is -0.444 e. The first kappa shape index (κ1) is 10.7. The highest BCUT2D eigenvalue weighted by molar-refractivity contribution is 5.69. The fourth-order valence-corrected chi connectivity index (χ4v) is 2.34. The lowest BCUT2D eigenvalue weighted by atomic mass is 10.2. The molecule has 1 amide bonds. The number of nitrogens with zero attached hydrogens (tertiary/aromatic N) is 1. The molecule has 0 aromatic carbocycles. The molecule has 4 nitrogen and oxygen atoms in total. The number of carbonyl (C=O) groups is 1. The van der Waals surface area contributed by atoms with Gasteiger partial charge in [-0.2, -0.15) is 0 Å². The van der Waals surface area contributed by atoms with Crippen LogP contribution in [0, 0.1) is 11.8 Å². The van der Waals surface area contributed by atoms with Crippen LogP contribution >= 0.6 is 0 Å². The van der Waals surface area contributed by atoms with Crippen LogP contribution in [-0.4, -0.2) is 40.9 Å². The van der Waals surface area contributed by atoms with Crippen LogP contribution in [-0.2, 0) is 4.74 Å². The number of carbonyl (C=O) groups excluding carboxylic acids is 1. The zero-order chi connectivity index (χ0) is 11.2. The molecule has 0 spiro atoms. The fourth-order valence-electron chi connectivity index (χ4n) is 2.34.